The predicted octanol–water partition coefficient (Wildman–Crippen LogP) is 3.69. The van der Waals surface area contributed by atoms with Gasteiger partial charge in [-0.2, -0.15) is 0 Å². The van der Waals surface area contributed by atoms with E-state index in [4.69, 9.17) is 0 Å². The number of aryl methyl sites for hydroxylation is 1. The summed E-state index contributed by atoms with van der Waals surface area (Å²) >= 11 is 0. The molecule has 2 nitrogen and oxygen atoms in total. The molecule has 0 aliphatic carbocycles. The molecule has 0 unspecified atom stereocenters. The smallest absolute Gasteiger partial charge is 0.123 e. The number of rotatable bonds is 4. The fraction of sp³-hybridized carbons (Fsp3) is 0.250. The van der Waals surface area contributed by atoms with Crippen LogP contribution in [0.4, 0.5) is 4.39 Å². The maximum absolute atomic E-state index is 12.8. The van der Waals surface area contributed by atoms with Crippen molar-refractivity contribution in [1.29, 1.82) is 0 Å². The minimum Gasteiger partial charge on any atom is -0.507 e. The van der Waals surface area contributed by atoms with Gasteiger partial charge in [-0.25, -0.2) is 4.39 Å². The summed E-state index contributed by atoms with van der Waals surface area (Å²) in [5.74, 6) is 0.105. The Bertz CT molecular complexity index is 551. The first-order chi connectivity index (χ1) is 9.08. The fourth-order valence-electron chi connectivity index (χ4n) is 1.99. The summed E-state index contributed by atoms with van der Waals surface area (Å²) in [6.07, 6.45) is 0. The Morgan fingerprint density at radius 3 is 2.53 bits per heavy atom. The number of hydrogen-bond donors (Lipinski definition) is 2. The van der Waals surface area contributed by atoms with E-state index in [1.807, 2.05) is 32.0 Å². The van der Waals surface area contributed by atoms with Crippen LogP contribution in [0.5, 0.6) is 5.75 Å². The summed E-state index contributed by atoms with van der Waals surface area (Å²) in [7, 11) is 0. The number of nitrogens with one attached hydrogen (secondary N) is 1. The van der Waals surface area contributed by atoms with Crippen LogP contribution in [0.2, 0.25) is 0 Å². The van der Waals surface area contributed by atoms with Crippen molar-refractivity contribution in [2.24, 2.45) is 0 Å². The molecule has 0 aliphatic heterocycles. The maximum atomic E-state index is 12.8. The standard InChI is InChI=1S/C16H18FNO/c1-11-4-3-5-14(16(11)19)10-18-12(2)13-6-8-15(17)9-7-13/h3-9,12,18-19H,10H2,1-2H3/t12-/m1/s1. The van der Waals surface area contributed by atoms with Gasteiger partial charge in [0.2, 0.25) is 0 Å². The number of benzene rings is 2. The third kappa shape index (κ3) is 3.32. The van der Waals surface area contributed by atoms with Gasteiger partial charge in [-0.15, -0.1) is 0 Å². The van der Waals surface area contributed by atoms with Gasteiger partial charge in [-0.05, 0) is 37.1 Å². The Kier molecular flexibility index (Phi) is 4.17. The molecule has 2 N–H and O–H groups in total. The van der Waals surface area contributed by atoms with Crippen LogP contribution < -0.4 is 5.32 Å². The van der Waals surface area contributed by atoms with Gasteiger partial charge in [0, 0.05) is 18.2 Å². The molecular formula is C16H18FNO. The minimum atomic E-state index is -0.229. The summed E-state index contributed by atoms with van der Waals surface area (Å²) in [5.41, 5.74) is 2.76. The molecule has 0 saturated heterocycles. The average Bonchev–Trinajstić information content (AvgIpc) is 2.41. The molecule has 0 radical (unpaired) electrons. The molecule has 0 bridgehead atoms. The molecule has 0 aliphatic rings. The average molecular weight is 259 g/mol. The molecule has 2 rings (SSSR count). The van der Waals surface area contributed by atoms with Gasteiger partial charge in [0.25, 0.3) is 0 Å². The number of halogens is 1. The molecule has 2 aromatic carbocycles. The van der Waals surface area contributed by atoms with Crippen molar-refractivity contribution in [2.75, 3.05) is 0 Å². The summed E-state index contributed by atoms with van der Waals surface area (Å²) in [4.78, 5) is 0. The zero-order valence-electron chi connectivity index (χ0n) is 11.2. The number of para-hydroxylation sites is 1. The van der Waals surface area contributed by atoms with Crippen LogP contribution in [0, 0.1) is 12.7 Å². The summed E-state index contributed by atoms with van der Waals surface area (Å²) < 4.78 is 12.8. The lowest BCUT2D eigenvalue weighted by Gasteiger charge is -2.15. The number of phenols is 1. The lowest BCUT2D eigenvalue weighted by Crippen LogP contribution is -2.18. The van der Waals surface area contributed by atoms with Crippen molar-refractivity contribution in [3.05, 3.63) is 65.0 Å². The van der Waals surface area contributed by atoms with Crippen LogP contribution in [0.25, 0.3) is 0 Å². The highest BCUT2D eigenvalue weighted by molar-refractivity contribution is 5.39. The monoisotopic (exact) mass is 259 g/mol. The Hall–Kier alpha value is -1.87. The molecule has 19 heavy (non-hydrogen) atoms. The van der Waals surface area contributed by atoms with E-state index in [1.54, 1.807) is 12.1 Å². The molecular weight excluding hydrogens is 241 g/mol. The molecule has 3 heteroatoms. The van der Waals surface area contributed by atoms with E-state index in [0.717, 1.165) is 16.7 Å². The minimum absolute atomic E-state index is 0.0977. The Morgan fingerprint density at radius 2 is 1.84 bits per heavy atom. The highest BCUT2D eigenvalue weighted by Crippen LogP contribution is 2.22. The normalized spacial score (nSPS) is 12.4. The van der Waals surface area contributed by atoms with Crippen molar-refractivity contribution in [2.45, 2.75) is 26.4 Å². The Morgan fingerprint density at radius 1 is 1.16 bits per heavy atom. The summed E-state index contributed by atoms with van der Waals surface area (Å²) in [5, 5.41) is 13.2. The number of aromatic hydroxyl groups is 1. The van der Waals surface area contributed by atoms with Crippen LogP contribution in [0.1, 0.15) is 29.7 Å². The first-order valence-electron chi connectivity index (χ1n) is 6.34. The van der Waals surface area contributed by atoms with Crippen LogP contribution in [0.15, 0.2) is 42.5 Å². The Balaban J connectivity index is 2.02. The topological polar surface area (TPSA) is 32.3 Å². The van der Waals surface area contributed by atoms with Crippen LogP contribution in [0.3, 0.4) is 0 Å². The van der Waals surface area contributed by atoms with Crippen molar-refractivity contribution >= 4 is 0 Å². The zero-order chi connectivity index (χ0) is 13.8. The molecule has 0 spiro atoms. The van der Waals surface area contributed by atoms with E-state index in [2.05, 4.69) is 5.32 Å². The van der Waals surface area contributed by atoms with E-state index < -0.39 is 0 Å². The molecule has 2 aromatic rings. The molecule has 0 heterocycles. The lowest BCUT2D eigenvalue weighted by atomic mass is 10.1. The summed E-state index contributed by atoms with van der Waals surface area (Å²) in [6.45, 7) is 4.47. The van der Waals surface area contributed by atoms with Crippen molar-refractivity contribution in [3.8, 4) is 5.75 Å². The first kappa shape index (κ1) is 13.6. The lowest BCUT2D eigenvalue weighted by molar-refractivity contribution is 0.456. The van der Waals surface area contributed by atoms with Crippen molar-refractivity contribution < 1.29 is 9.50 Å². The largest absolute Gasteiger partial charge is 0.507 e. The fourth-order valence-corrected chi connectivity index (χ4v) is 1.99. The highest BCUT2D eigenvalue weighted by Gasteiger charge is 2.07. The van der Waals surface area contributed by atoms with E-state index in [9.17, 15) is 9.50 Å². The number of hydrogen-bond acceptors (Lipinski definition) is 2. The third-order valence-corrected chi connectivity index (χ3v) is 3.29. The van der Waals surface area contributed by atoms with Gasteiger partial charge in [-0.1, -0.05) is 30.3 Å². The molecule has 0 amide bonds. The highest BCUT2D eigenvalue weighted by atomic mass is 19.1. The first-order valence-corrected chi connectivity index (χ1v) is 6.34. The van der Waals surface area contributed by atoms with Crippen LogP contribution >= 0.6 is 0 Å². The number of phenolic OH excluding ortho intramolecular Hbond substituents is 1. The molecule has 0 fully saturated rings. The predicted molar refractivity (Wildman–Crippen MR) is 74.5 cm³/mol. The molecule has 0 saturated carbocycles. The molecule has 0 aromatic heterocycles. The van der Waals surface area contributed by atoms with Crippen LogP contribution in [-0.2, 0) is 6.54 Å². The van der Waals surface area contributed by atoms with Gasteiger partial charge < -0.3 is 10.4 Å². The third-order valence-electron chi connectivity index (χ3n) is 3.29. The summed E-state index contributed by atoms with van der Waals surface area (Å²) in [6, 6.07) is 12.2. The zero-order valence-corrected chi connectivity index (χ0v) is 11.2. The van der Waals surface area contributed by atoms with Gasteiger partial charge in [0.15, 0.2) is 0 Å². The maximum Gasteiger partial charge on any atom is 0.123 e. The van der Waals surface area contributed by atoms with Gasteiger partial charge in [0.05, 0.1) is 0 Å². The molecule has 100 valence electrons. The van der Waals surface area contributed by atoms with Gasteiger partial charge in [-0.3, -0.25) is 0 Å². The molecule has 1 atom stereocenters. The van der Waals surface area contributed by atoms with Crippen molar-refractivity contribution in [3.63, 3.8) is 0 Å². The van der Waals surface area contributed by atoms with E-state index in [-0.39, 0.29) is 11.9 Å². The van der Waals surface area contributed by atoms with Gasteiger partial charge >= 0.3 is 0 Å². The van der Waals surface area contributed by atoms with E-state index in [0.29, 0.717) is 12.3 Å². The van der Waals surface area contributed by atoms with Gasteiger partial charge in [0.1, 0.15) is 11.6 Å². The second kappa shape index (κ2) is 5.85. The second-order valence-electron chi connectivity index (χ2n) is 4.74. The van der Waals surface area contributed by atoms with E-state index in [1.165, 1.54) is 12.1 Å². The second-order valence-corrected chi connectivity index (χ2v) is 4.74. The van der Waals surface area contributed by atoms with E-state index >= 15 is 0 Å². The quantitative estimate of drug-likeness (QED) is 0.877. The SMILES string of the molecule is Cc1cccc(CN[C@H](C)c2ccc(F)cc2)c1O. The Labute approximate surface area is 112 Å². The van der Waals surface area contributed by atoms with Crippen LogP contribution in [-0.4, -0.2) is 5.11 Å². The van der Waals surface area contributed by atoms with Crippen molar-refractivity contribution in [1.82, 2.24) is 5.32 Å².